The molecule has 0 radical (unpaired) electrons. The van der Waals surface area contributed by atoms with Gasteiger partial charge in [-0.1, -0.05) is 18.5 Å². The summed E-state index contributed by atoms with van der Waals surface area (Å²) in [5.41, 5.74) is 0. The molecule has 0 aliphatic rings. The standard InChI is InChI=1S/C7H11ClN2S/c1-2-3-9-5-7-10-4-6(8)11-7/h4,9H,2-3,5H2,1H3. The minimum absolute atomic E-state index is 0.762. The molecule has 0 unspecified atom stereocenters. The quantitative estimate of drug-likeness (QED) is 0.738. The van der Waals surface area contributed by atoms with Crippen molar-refractivity contribution < 1.29 is 0 Å². The van der Waals surface area contributed by atoms with Crippen LogP contribution < -0.4 is 5.32 Å². The summed E-state index contributed by atoms with van der Waals surface area (Å²) in [4.78, 5) is 4.11. The molecule has 0 aliphatic carbocycles. The first-order chi connectivity index (χ1) is 5.33. The number of halogens is 1. The van der Waals surface area contributed by atoms with Crippen molar-refractivity contribution in [3.8, 4) is 0 Å². The van der Waals surface area contributed by atoms with Gasteiger partial charge < -0.3 is 5.32 Å². The highest BCUT2D eigenvalue weighted by atomic mass is 35.5. The molecule has 0 atom stereocenters. The minimum Gasteiger partial charge on any atom is -0.310 e. The molecule has 11 heavy (non-hydrogen) atoms. The van der Waals surface area contributed by atoms with Crippen LogP contribution in [0.4, 0.5) is 0 Å². The van der Waals surface area contributed by atoms with E-state index in [4.69, 9.17) is 11.6 Å². The Hall–Kier alpha value is -0.120. The molecule has 0 spiro atoms. The predicted molar refractivity (Wildman–Crippen MR) is 49.1 cm³/mol. The molecule has 2 nitrogen and oxygen atoms in total. The zero-order chi connectivity index (χ0) is 8.10. The molecule has 1 aromatic heterocycles. The maximum absolute atomic E-state index is 5.70. The van der Waals surface area contributed by atoms with E-state index >= 15 is 0 Å². The Balaban J connectivity index is 2.27. The highest BCUT2D eigenvalue weighted by molar-refractivity contribution is 7.15. The lowest BCUT2D eigenvalue weighted by atomic mass is 10.5. The number of nitrogens with one attached hydrogen (secondary N) is 1. The molecule has 1 aromatic rings. The molecule has 0 saturated heterocycles. The lowest BCUT2D eigenvalue weighted by Gasteiger charge is -1.96. The summed E-state index contributed by atoms with van der Waals surface area (Å²) < 4.78 is 0.762. The molecule has 0 fully saturated rings. The van der Waals surface area contributed by atoms with E-state index in [-0.39, 0.29) is 0 Å². The minimum atomic E-state index is 0.762. The van der Waals surface area contributed by atoms with Crippen molar-refractivity contribution in [3.63, 3.8) is 0 Å². The topological polar surface area (TPSA) is 24.9 Å². The molecule has 0 amide bonds. The van der Waals surface area contributed by atoms with Gasteiger partial charge in [0.2, 0.25) is 0 Å². The van der Waals surface area contributed by atoms with Gasteiger partial charge in [0.05, 0.1) is 6.20 Å². The van der Waals surface area contributed by atoms with Crippen LogP contribution in [0.15, 0.2) is 6.20 Å². The van der Waals surface area contributed by atoms with E-state index in [1.54, 1.807) is 6.20 Å². The summed E-state index contributed by atoms with van der Waals surface area (Å²) in [6.07, 6.45) is 2.84. The summed E-state index contributed by atoms with van der Waals surface area (Å²) in [6.45, 7) is 4.02. The zero-order valence-electron chi connectivity index (χ0n) is 6.43. The van der Waals surface area contributed by atoms with E-state index in [1.165, 1.54) is 11.3 Å². The van der Waals surface area contributed by atoms with Gasteiger partial charge in [0, 0.05) is 6.54 Å². The van der Waals surface area contributed by atoms with Gasteiger partial charge in [-0.2, -0.15) is 0 Å². The number of thiazole rings is 1. The van der Waals surface area contributed by atoms with Crippen LogP contribution in [0.1, 0.15) is 18.4 Å². The fourth-order valence-corrected chi connectivity index (χ4v) is 1.67. The SMILES string of the molecule is CCCNCc1ncc(Cl)s1. The van der Waals surface area contributed by atoms with Crippen LogP contribution in [0.3, 0.4) is 0 Å². The van der Waals surface area contributed by atoms with Crippen molar-refractivity contribution in [2.75, 3.05) is 6.54 Å². The van der Waals surface area contributed by atoms with Crippen LogP contribution in [-0.4, -0.2) is 11.5 Å². The number of hydrogen-bond donors (Lipinski definition) is 1. The highest BCUT2D eigenvalue weighted by Crippen LogP contribution is 2.17. The van der Waals surface area contributed by atoms with Gasteiger partial charge in [0.15, 0.2) is 0 Å². The van der Waals surface area contributed by atoms with Crippen LogP contribution in [0.25, 0.3) is 0 Å². The average Bonchev–Trinajstić information content (AvgIpc) is 2.37. The Kier molecular flexibility index (Phi) is 3.83. The van der Waals surface area contributed by atoms with E-state index in [0.29, 0.717) is 0 Å². The second-order valence-corrected chi connectivity index (χ2v) is 3.98. The van der Waals surface area contributed by atoms with Gasteiger partial charge in [-0.25, -0.2) is 4.98 Å². The molecule has 0 aliphatic heterocycles. The van der Waals surface area contributed by atoms with Crippen LogP contribution >= 0.6 is 22.9 Å². The van der Waals surface area contributed by atoms with Crippen molar-refractivity contribution in [2.45, 2.75) is 19.9 Å². The Bertz CT molecular complexity index is 212. The van der Waals surface area contributed by atoms with Gasteiger partial charge >= 0.3 is 0 Å². The van der Waals surface area contributed by atoms with E-state index in [9.17, 15) is 0 Å². The number of nitrogens with zero attached hydrogens (tertiary/aromatic N) is 1. The third-order valence-electron chi connectivity index (χ3n) is 1.23. The van der Waals surface area contributed by atoms with Crippen molar-refractivity contribution >= 4 is 22.9 Å². The van der Waals surface area contributed by atoms with Crippen LogP contribution in [0, 0.1) is 0 Å². The first kappa shape index (κ1) is 8.97. The molecule has 0 saturated carbocycles. The Morgan fingerprint density at radius 3 is 3.09 bits per heavy atom. The number of rotatable bonds is 4. The fourth-order valence-electron chi connectivity index (χ4n) is 0.742. The smallest absolute Gasteiger partial charge is 0.113 e. The van der Waals surface area contributed by atoms with Gasteiger partial charge in [0.1, 0.15) is 9.34 Å². The van der Waals surface area contributed by atoms with Gasteiger partial charge in [-0.15, -0.1) is 11.3 Å². The van der Waals surface area contributed by atoms with Gasteiger partial charge in [-0.3, -0.25) is 0 Å². The summed E-state index contributed by atoms with van der Waals surface area (Å²) in [5.74, 6) is 0. The Morgan fingerprint density at radius 2 is 2.55 bits per heavy atom. The maximum Gasteiger partial charge on any atom is 0.113 e. The van der Waals surface area contributed by atoms with Crippen molar-refractivity contribution in [1.29, 1.82) is 0 Å². The molecule has 1 N–H and O–H groups in total. The van der Waals surface area contributed by atoms with E-state index in [1.807, 2.05) is 0 Å². The van der Waals surface area contributed by atoms with Crippen molar-refractivity contribution in [2.24, 2.45) is 0 Å². The Morgan fingerprint density at radius 1 is 1.73 bits per heavy atom. The second-order valence-electron chi connectivity index (χ2n) is 2.23. The third kappa shape index (κ3) is 3.18. The summed E-state index contributed by atoms with van der Waals surface area (Å²) in [6, 6.07) is 0. The molecule has 0 aromatic carbocycles. The van der Waals surface area contributed by atoms with Crippen LogP contribution in [0.5, 0.6) is 0 Å². The van der Waals surface area contributed by atoms with Crippen molar-refractivity contribution in [3.05, 3.63) is 15.5 Å². The van der Waals surface area contributed by atoms with Crippen LogP contribution in [-0.2, 0) is 6.54 Å². The van der Waals surface area contributed by atoms with Crippen LogP contribution in [0.2, 0.25) is 4.34 Å². The number of hydrogen-bond acceptors (Lipinski definition) is 3. The summed E-state index contributed by atoms with van der Waals surface area (Å²) in [5, 5.41) is 4.31. The first-order valence-corrected chi connectivity index (χ1v) is 4.83. The van der Waals surface area contributed by atoms with Gasteiger partial charge in [0.25, 0.3) is 0 Å². The maximum atomic E-state index is 5.70. The molecule has 1 rings (SSSR count). The van der Waals surface area contributed by atoms with E-state index < -0.39 is 0 Å². The molecular formula is C7H11ClN2S. The predicted octanol–water partition coefficient (Wildman–Crippen LogP) is 2.30. The van der Waals surface area contributed by atoms with E-state index in [0.717, 1.165) is 28.9 Å². The molecule has 4 heteroatoms. The normalized spacial score (nSPS) is 10.4. The first-order valence-electron chi connectivity index (χ1n) is 3.64. The molecule has 62 valence electrons. The largest absolute Gasteiger partial charge is 0.310 e. The van der Waals surface area contributed by atoms with Gasteiger partial charge in [-0.05, 0) is 13.0 Å². The Labute approximate surface area is 75.6 Å². The third-order valence-corrected chi connectivity index (χ3v) is 2.34. The summed E-state index contributed by atoms with van der Waals surface area (Å²) in [7, 11) is 0. The molecule has 0 bridgehead atoms. The zero-order valence-corrected chi connectivity index (χ0v) is 8.00. The lowest BCUT2D eigenvalue weighted by Crippen LogP contribution is -2.13. The molecule has 1 heterocycles. The highest BCUT2D eigenvalue weighted by Gasteiger charge is 1.97. The monoisotopic (exact) mass is 190 g/mol. The van der Waals surface area contributed by atoms with E-state index in [2.05, 4.69) is 17.2 Å². The summed E-state index contributed by atoms with van der Waals surface area (Å²) >= 11 is 7.23. The molecular weight excluding hydrogens is 180 g/mol. The van der Waals surface area contributed by atoms with Crippen molar-refractivity contribution in [1.82, 2.24) is 10.3 Å². The lowest BCUT2D eigenvalue weighted by molar-refractivity contribution is 0.673. The average molecular weight is 191 g/mol. The second kappa shape index (κ2) is 4.70. The number of aromatic nitrogens is 1. The fraction of sp³-hybridized carbons (Fsp3) is 0.571.